The maximum absolute atomic E-state index is 10.6. The largest absolute Gasteiger partial charge is 0.506 e. The van der Waals surface area contributed by atoms with E-state index in [4.69, 9.17) is 0 Å². The summed E-state index contributed by atoms with van der Waals surface area (Å²) in [4.78, 5) is 1.53. The van der Waals surface area contributed by atoms with Gasteiger partial charge >= 0.3 is 0 Å². The number of hydrogen-bond acceptors (Lipinski definition) is 3. The summed E-state index contributed by atoms with van der Waals surface area (Å²) in [6.45, 7) is 12.5. The maximum atomic E-state index is 10.6. The SMILES string of the molecule is CC(C)(C)c1cccc(Sc2cccc(C(C)(C)C)c2O)c1O. The van der Waals surface area contributed by atoms with E-state index in [0.29, 0.717) is 11.5 Å². The Morgan fingerprint density at radius 3 is 1.30 bits per heavy atom. The van der Waals surface area contributed by atoms with E-state index in [9.17, 15) is 10.2 Å². The lowest BCUT2D eigenvalue weighted by Gasteiger charge is -2.23. The molecule has 0 saturated heterocycles. The van der Waals surface area contributed by atoms with Gasteiger partial charge in [0.1, 0.15) is 11.5 Å². The van der Waals surface area contributed by atoms with Gasteiger partial charge in [-0.25, -0.2) is 0 Å². The Kier molecular flexibility index (Phi) is 4.72. The van der Waals surface area contributed by atoms with E-state index in [2.05, 4.69) is 41.5 Å². The lowest BCUT2D eigenvalue weighted by molar-refractivity contribution is 0.432. The van der Waals surface area contributed by atoms with E-state index in [1.165, 1.54) is 11.8 Å². The van der Waals surface area contributed by atoms with Gasteiger partial charge in [0.15, 0.2) is 0 Å². The zero-order valence-corrected chi connectivity index (χ0v) is 15.6. The average Bonchev–Trinajstić information content (AvgIpc) is 2.40. The Morgan fingerprint density at radius 2 is 1.00 bits per heavy atom. The molecule has 0 spiro atoms. The van der Waals surface area contributed by atoms with Gasteiger partial charge < -0.3 is 10.2 Å². The van der Waals surface area contributed by atoms with Gasteiger partial charge in [0.2, 0.25) is 0 Å². The van der Waals surface area contributed by atoms with Crippen LogP contribution in [0, 0.1) is 0 Å². The van der Waals surface area contributed by atoms with E-state index in [1.54, 1.807) is 0 Å². The second-order valence-corrected chi connectivity index (χ2v) is 8.99. The van der Waals surface area contributed by atoms with Crippen LogP contribution < -0.4 is 0 Å². The van der Waals surface area contributed by atoms with Crippen molar-refractivity contribution in [3.05, 3.63) is 47.5 Å². The molecule has 0 aliphatic heterocycles. The van der Waals surface area contributed by atoms with E-state index in [1.807, 2.05) is 36.4 Å². The molecule has 2 aromatic rings. The number of phenols is 2. The highest BCUT2D eigenvalue weighted by atomic mass is 32.2. The fourth-order valence-corrected chi connectivity index (χ4v) is 3.48. The fourth-order valence-electron chi connectivity index (χ4n) is 2.54. The molecule has 2 aromatic carbocycles. The van der Waals surface area contributed by atoms with Crippen LogP contribution in [0.3, 0.4) is 0 Å². The van der Waals surface area contributed by atoms with Crippen LogP contribution in [0.4, 0.5) is 0 Å². The van der Waals surface area contributed by atoms with E-state index >= 15 is 0 Å². The van der Waals surface area contributed by atoms with Crippen LogP contribution in [0.1, 0.15) is 52.7 Å². The van der Waals surface area contributed by atoms with Gasteiger partial charge in [-0.15, -0.1) is 0 Å². The van der Waals surface area contributed by atoms with Crippen LogP contribution in [0.15, 0.2) is 46.2 Å². The predicted octanol–water partition coefficient (Wildman–Crippen LogP) is 5.84. The Bertz CT molecular complexity index is 645. The molecule has 2 nitrogen and oxygen atoms in total. The van der Waals surface area contributed by atoms with E-state index in [0.717, 1.165) is 20.9 Å². The van der Waals surface area contributed by atoms with E-state index < -0.39 is 0 Å². The number of benzene rings is 2. The number of aromatic hydroxyl groups is 2. The summed E-state index contributed by atoms with van der Waals surface area (Å²) in [5, 5.41) is 21.2. The summed E-state index contributed by atoms with van der Waals surface area (Å²) in [6, 6.07) is 11.6. The van der Waals surface area contributed by atoms with Crippen LogP contribution in [-0.2, 0) is 10.8 Å². The molecule has 2 rings (SSSR count). The standard InChI is InChI=1S/C20H26O2S/c1-19(2,3)13-9-7-11-15(17(13)21)23-16-12-8-10-14(18(16)22)20(4,5)6/h7-12,21-22H,1-6H3. The van der Waals surface area contributed by atoms with Gasteiger partial charge in [-0.3, -0.25) is 0 Å². The van der Waals surface area contributed by atoms with Crippen molar-refractivity contribution in [3.8, 4) is 11.5 Å². The monoisotopic (exact) mass is 330 g/mol. The van der Waals surface area contributed by atoms with Crippen molar-refractivity contribution in [2.24, 2.45) is 0 Å². The van der Waals surface area contributed by atoms with Crippen LogP contribution >= 0.6 is 11.8 Å². The highest BCUT2D eigenvalue weighted by molar-refractivity contribution is 7.99. The van der Waals surface area contributed by atoms with Crippen molar-refractivity contribution in [3.63, 3.8) is 0 Å². The third-order valence-corrected chi connectivity index (χ3v) is 4.93. The molecule has 0 heterocycles. The summed E-state index contributed by atoms with van der Waals surface area (Å²) in [6.07, 6.45) is 0. The Morgan fingerprint density at radius 1 is 0.652 bits per heavy atom. The molecular weight excluding hydrogens is 304 g/mol. The van der Waals surface area contributed by atoms with Crippen molar-refractivity contribution in [1.29, 1.82) is 0 Å². The van der Waals surface area contributed by atoms with Crippen LogP contribution in [-0.4, -0.2) is 10.2 Å². The average molecular weight is 330 g/mol. The Hall–Kier alpha value is -1.61. The van der Waals surface area contributed by atoms with Gasteiger partial charge in [-0.2, -0.15) is 0 Å². The molecule has 124 valence electrons. The molecular formula is C20H26O2S. The molecule has 0 atom stereocenters. The quantitative estimate of drug-likeness (QED) is 0.726. The third-order valence-electron chi connectivity index (χ3n) is 3.83. The molecule has 0 aliphatic rings. The minimum atomic E-state index is -0.129. The molecule has 0 saturated carbocycles. The van der Waals surface area contributed by atoms with Crippen molar-refractivity contribution >= 4 is 11.8 Å². The minimum Gasteiger partial charge on any atom is -0.506 e. The normalized spacial score (nSPS) is 12.4. The van der Waals surface area contributed by atoms with Crippen LogP contribution in [0.5, 0.6) is 11.5 Å². The fraction of sp³-hybridized carbons (Fsp3) is 0.400. The van der Waals surface area contributed by atoms with Crippen LogP contribution in [0.25, 0.3) is 0 Å². The predicted molar refractivity (Wildman–Crippen MR) is 97.7 cm³/mol. The zero-order valence-electron chi connectivity index (χ0n) is 14.8. The molecule has 2 N–H and O–H groups in total. The van der Waals surface area contributed by atoms with Gasteiger partial charge in [0.05, 0.1) is 9.79 Å². The summed E-state index contributed by atoms with van der Waals surface area (Å²) in [7, 11) is 0. The number of phenolic OH excluding ortho intramolecular Hbond substituents is 2. The van der Waals surface area contributed by atoms with Crippen molar-refractivity contribution in [2.75, 3.05) is 0 Å². The topological polar surface area (TPSA) is 40.5 Å². The first-order valence-electron chi connectivity index (χ1n) is 7.84. The second-order valence-electron chi connectivity index (χ2n) is 7.91. The maximum Gasteiger partial charge on any atom is 0.133 e. The van der Waals surface area contributed by atoms with Gasteiger partial charge in [0, 0.05) is 11.1 Å². The van der Waals surface area contributed by atoms with Crippen molar-refractivity contribution < 1.29 is 10.2 Å². The summed E-state index contributed by atoms with van der Waals surface area (Å²) < 4.78 is 0. The minimum absolute atomic E-state index is 0.129. The van der Waals surface area contributed by atoms with Crippen LogP contribution in [0.2, 0.25) is 0 Å². The highest BCUT2D eigenvalue weighted by Crippen LogP contribution is 2.45. The molecule has 0 fully saturated rings. The third kappa shape index (κ3) is 3.84. The molecule has 0 aliphatic carbocycles. The van der Waals surface area contributed by atoms with Gasteiger partial charge in [0.25, 0.3) is 0 Å². The molecule has 0 aromatic heterocycles. The summed E-state index contributed by atoms with van der Waals surface area (Å²) >= 11 is 1.40. The highest BCUT2D eigenvalue weighted by Gasteiger charge is 2.23. The van der Waals surface area contributed by atoms with Gasteiger partial charge in [-0.05, 0) is 23.0 Å². The second kappa shape index (κ2) is 6.12. The molecule has 3 heteroatoms. The van der Waals surface area contributed by atoms with E-state index in [-0.39, 0.29) is 10.8 Å². The molecule has 23 heavy (non-hydrogen) atoms. The lowest BCUT2D eigenvalue weighted by Crippen LogP contribution is -2.11. The number of para-hydroxylation sites is 2. The van der Waals surface area contributed by atoms with Gasteiger partial charge in [-0.1, -0.05) is 77.6 Å². The molecule has 0 unspecified atom stereocenters. The van der Waals surface area contributed by atoms with Crippen molar-refractivity contribution in [1.82, 2.24) is 0 Å². The Balaban J connectivity index is 2.46. The number of rotatable bonds is 2. The smallest absolute Gasteiger partial charge is 0.133 e. The molecule has 0 radical (unpaired) electrons. The first-order valence-corrected chi connectivity index (χ1v) is 8.66. The number of hydrogen-bond donors (Lipinski definition) is 2. The summed E-state index contributed by atoms with van der Waals surface area (Å²) in [5.41, 5.74) is 1.56. The summed E-state index contributed by atoms with van der Waals surface area (Å²) in [5.74, 6) is 0.594. The molecule has 0 bridgehead atoms. The van der Waals surface area contributed by atoms with Crippen molar-refractivity contribution in [2.45, 2.75) is 62.2 Å². The zero-order chi connectivity index (χ0) is 17.4. The Labute approximate surface area is 143 Å². The molecule has 0 amide bonds. The first kappa shape index (κ1) is 17.7. The lowest BCUT2D eigenvalue weighted by atomic mass is 9.86. The first-order chi connectivity index (χ1) is 10.5.